The molecule has 2 aromatic rings. The van der Waals surface area contributed by atoms with E-state index in [9.17, 15) is 9.18 Å². The summed E-state index contributed by atoms with van der Waals surface area (Å²) in [6.07, 6.45) is 1.94. The van der Waals surface area contributed by atoms with Gasteiger partial charge < -0.3 is 10.2 Å². The van der Waals surface area contributed by atoms with Crippen molar-refractivity contribution in [3.8, 4) is 0 Å². The minimum atomic E-state index is -0.304. The zero-order valence-electron chi connectivity index (χ0n) is 12.6. The number of anilines is 1. The Morgan fingerprint density at radius 1 is 1.05 bits per heavy atom. The molecule has 0 radical (unpaired) electrons. The van der Waals surface area contributed by atoms with Crippen LogP contribution < -0.4 is 10.2 Å². The Balaban J connectivity index is 1.85. The zero-order chi connectivity index (χ0) is 15.5. The quantitative estimate of drug-likeness (QED) is 0.924. The van der Waals surface area contributed by atoms with Crippen LogP contribution in [0.4, 0.5) is 10.1 Å². The van der Waals surface area contributed by atoms with Crippen molar-refractivity contribution in [2.24, 2.45) is 0 Å². The van der Waals surface area contributed by atoms with Gasteiger partial charge in [0.25, 0.3) is 5.91 Å². The summed E-state index contributed by atoms with van der Waals surface area (Å²) < 4.78 is 13.0. The fraction of sp³-hybridized carbons (Fsp3) is 0.278. The summed E-state index contributed by atoms with van der Waals surface area (Å²) in [7, 11) is 1.71. The van der Waals surface area contributed by atoms with Gasteiger partial charge >= 0.3 is 0 Å². The van der Waals surface area contributed by atoms with Gasteiger partial charge in [-0.2, -0.15) is 0 Å². The molecule has 0 atom stereocenters. The van der Waals surface area contributed by atoms with E-state index < -0.39 is 0 Å². The fourth-order valence-electron chi connectivity index (χ4n) is 2.78. The minimum absolute atomic E-state index is 0.0772. The molecule has 0 saturated carbocycles. The summed E-state index contributed by atoms with van der Waals surface area (Å²) in [5, 5.41) is 3.37. The molecule has 0 unspecified atom stereocenters. The molecule has 22 heavy (non-hydrogen) atoms. The third kappa shape index (κ3) is 3.02. The van der Waals surface area contributed by atoms with E-state index in [0.717, 1.165) is 25.9 Å². The molecule has 0 aliphatic carbocycles. The van der Waals surface area contributed by atoms with Gasteiger partial charge in [0.2, 0.25) is 0 Å². The Kier molecular flexibility index (Phi) is 4.20. The standard InChI is InChI=1S/C18H19FN2O/c1-21(17-6-4-16(19)5-7-17)18(22)15-3-2-13-8-10-20-11-9-14(13)12-15/h2-7,12,20H,8-11H2,1H3. The minimum Gasteiger partial charge on any atom is -0.316 e. The number of fused-ring (bicyclic) bond motifs is 1. The summed E-state index contributed by atoms with van der Waals surface area (Å²) in [6.45, 7) is 1.92. The molecule has 1 N–H and O–H groups in total. The lowest BCUT2D eigenvalue weighted by Gasteiger charge is -2.18. The normalized spacial score (nSPS) is 14.1. The summed E-state index contributed by atoms with van der Waals surface area (Å²) in [5.41, 5.74) is 3.91. The predicted molar refractivity (Wildman–Crippen MR) is 85.9 cm³/mol. The average Bonchev–Trinajstić information content (AvgIpc) is 2.78. The SMILES string of the molecule is CN(C(=O)c1ccc2c(c1)CCNCC2)c1ccc(F)cc1. The molecule has 1 heterocycles. The van der Waals surface area contributed by atoms with Crippen LogP contribution in [-0.4, -0.2) is 26.0 Å². The molecule has 1 aliphatic rings. The summed E-state index contributed by atoms with van der Waals surface area (Å²) in [6, 6.07) is 11.9. The Hall–Kier alpha value is -2.20. The monoisotopic (exact) mass is 298 g/mol. The van der Waals surface area contributed by atoms with Crippen molar-refractivity contribution in [3.05, 3.63) is 65.0 Å². The Morgan fingerprint density at radius 2 is 1.73 bits per heavy atom. The second kappa shape index (κ2) is 6.28. The topological polar surface area (TPSA) is 32.3 Å². The number of nitrogens with zero attached hydrogens (tertiary/aromatic N) is 1. The van der Waals surface area contributed by atoms with E-state index >= 15 is 0 Å². The van der Waals surface area contributed by atoms with Crippen LogP contribution in [0.25, 0.3) is 0 Å². The van der Waals surface area contributed by atoms with Gasteiger partial charge in [-0.25, -0.2) is 4.39 Å². The molecule has 0 saturated heterocycles. The molecule has 0 aromatic heterocycles. The van der Waals surface area contributed by atoms with Gasteiger partial charge in [0.15, 0.2) is 0 Å². The number of benzene rings is 2. The highest BCUT2D eigenvalue weighted by Gasteiger charge is 2.16. The van der Waals surface area contributed by atoms with Crippen molar-refractivity contribution >= 4 is 11.6 Å². The first-order valence-corrected chi connectivity index (χ1v) is 7.51. The molecule has 2 aromatic carbocycles. The smallest absolute Gasteiger partial charge is 0.258 e. The van der Waals surface area contributed by atoms with Crippen molar-refractivity contribution in [1.29, 1.82) is 0 Å². The summed E-state index contributed by atoms with van der Waals surface area (Å²) >= 11 is 0. The van der Waals surface area contributed by atoms with Crippen LogP contribution in [0.15, 0.2) is 42.5 Å². The van der Waals surface area contributed by atoms with Gasteiger partial charge in [0.1, 0.15) is 5.82 Å². The fourth-order valence-corrected chi connectivity index (χ4v) is 2.78. The van der Waals surface area contributed by atoms with E-state index in [1.54, 1.807) is 24.1 Å². The van der Waals surface area contributed by atoms with E-state index in [4.69, 9.17) is 0 Å². The molecular weight excluding hydrogens is 279 g/mol. The highest BCUT2D eigenvalue weighted by Crippen LogP contribution is 2.19. The van der Waals surface area contributed by atoms with E-state index in [0.29, 0.717) is 11.3 Å². The molecule has 1 amide bonds. The lowest BCUT2D eigenvalue weighted by molar-refractivity contribution is 0.0993. The molecule has 4 heteroatoms. The lowest BCUT2D eigenvalue weighted by atomic mass is 9.99. The molecule has 3 nitrogen and oxygen atoms in total. The maximum absolute atomic E-state index is 13.0. The Bertz CT molecular complexity index is 682. The maximum Gasteiger partial charge on any atom is 0.258 e. The van der Waals surface area contributed by atoms with Crippen LogP contribution in [0.1, 0.15) is 21.5 Å². The van der Waals surface area contributed by atoms with Gasteiger partial charge in [0.05, 0.1) is 0 Å². The first-order valence-electron chi connectivity index (χ1n) is 7.51. The van der Waals surface area contributed by atoms with Gasteiger partial charge in [-0.3, -0.25) is 4.79 Å². The first-order chi connectivity index (χ1) is 10.6. The predicted octanol–water partition coefficient (Wildman–Crippen LogP) is 2.79. The van der Waals surface area contributed by atoms with Gasteiger partial charge in [0, 0.05) is 18.3 Å². The second-order valence-corrected chi connectivity index (χ2v) is 5.57. The van der Waals surface area contributed by atoms with Gasteiger partial charge in [-0.1, -0.05) is 6.07 Å². The molecule has 0 fully saturated rings. The number of halogens is 1. The van der Waals surface area contributed by atoms with Crippen LogP contribution in [0.2, 0.25) is 0 Å². The van der Waals surface area contributed by atoms with Crippen LogP contribution in [0.3, 0.4) is 0 Å². The van der Waals surface area contributed by atoms with Crippen LogP contribution in [0, 0.1) is 5.82 Å². The van der Waals surface area contributed by atoms with E-state index in [1.807, 2.05) is 18.2 Å². The third-order valence-corrected chi connectivity index (χ3v) is 4.11. The van der Waals surface area contributed by atoms with Gasteiger partial charge in [-0.15, -0.1) is 0 Å². The van der Waals surface area contributed by atoms with Crippen molar-refractivity contribution < 1.29 is 9.18 Å². The van der Waals surface area contributed by atoms with Crippen molar-refractivity contribution in [2.75, 3.05) is 25.0 Å². The largest absolute Gasteiger partial charge is 0.316 e. The number of nitrogens with one attached hydrogen (secondary N) is 1. The molecule has 0 spiro atoms. The summed E-state index contributed by atoms with van der Waals surface area (Å²) in [5.74, 6) is -0.381. The molecule has 114 valence electrons. The molecule has 0 bridgehead atoms. The van der Waals surface area contributed by atoms with E-state index in [2.05, 4.69) is 5.32 Å². The van der Waals surface area contributed by atoms with E-state index in [-0.39, 0.29) is 11.7 Å². The van der Waals surface area contributed by atoms with Crippen LogP contribution in [-0.2, 0) is 12.8 Å². The first kappa shape index (κ1) is 14.7. The van der Waals surface area contributed by atoms with Crippen LogP contribution in [0.5, 0.6) is 0 Å². The molecule has 1 aliphatic heterocycles. The third-order valence-electron chi connectivity index (χ3n) is 4.11. The highest BCUT2D eigenvalue weighted by molar-refractivity contribution is 6.05. The van der Waals surface area contributed by atoms with Crippen LogP contribution >= 0.6 is 0 Å². The zero-order valence-corrected chi connectivity index (χ0v) is 12.6. The van der Waals surface area contributed by atoms with Crippen molar-refractivity contribution in [1.82, 2.24) is 5.32 Å². The number of carbonyl (C=O) groups excluding carboxylic acids is 1. The number of hydrogen-bond acceptors (Lipinski definition) is 2. The number of amides is 1. The second-order valence-electron chi connectivity index (χ2n) is 5.57. The van der Waals surface area contributed by atoms with Crippen molar-refractivity contribution in [2.45, 2.75) is 12.8 Å². The Labute approximate surface area is 129 Å². The number of carbonyl (C=O) groups is 1. The molecular formula is C18H19FN2O. The highest BCUT2D eigenvalue weighted by atomic mass is 19.1. The average molecular weight is 298 g/mol. The lowest BCUT2D eigenvalue weighted by Crippen LogP contribution is -2.26. The van der Waals surface area contributed by atoms with Gasteiger partial charge in [-0.05, 0) is 73.5 Å². The number of rotatable bonds is 2. The molecule has 3 rings (SSSR count). The van der Waals surface area contributed by atoms with Crippen molar-refractivity contribution in [3.63, 3.8) is 0 Å². The summed E-state index contributed by atoms with van der Waals surface area (Å²) in [4.78, 5) is 14.2. The van der Waals surface area contributed by atoms with E-state index in [1.165, 1.54) is 23.3 Å². The number of hydrogen-bond donors (Lipinski definition) is 1. The maximum atomic E-state index is 13.0. The Morgan fingerprint density at radius 3 is 2.45 bits per heavy atom.